The monoisotopic (exact) mass is 141 g/mol. The van der Waals surface area contributed by atoms with Crippen LogP contribution in [0.1, 0.15) is 13.8 Å². The van der Waals surface area contributed by atoms with Crippen molar-refractivity contribution in [3.05, 3.63) is 11.4 Å². The Kier molecular flexibility index (Phi) is 3.13. The van der Waals surface area contributed by atoms with Crippen molar-refractivity contribution in [2.45, 2.75) is 13.8 Å². The molecule has 0 aliphatic rings. The van der Waals surface area contributed by atoms with E-state index in [1.54, 1.807) is 0 Å². The summed E-state index contributed by atoms with van der Waals surface area (Å²) in [6, 6.07) is 0. The van der Waals surface area contributed by atoms with Crippen LogP contribution in [0.3, 0.4) is 0 Å². The molecule has 0 aromatic heterocycles. The molecule has 0 bridgehead atoms. The lowest BCUT2D eigenvalue weighted by Crippen LogP contribution is -2.20. The molecule has 0 spiro atoms. The molecule has 0 aromatic carbocycles. The van der Waals surface area contributed by atoms with Gasteiger partial charge in [0.1, 0.15) is 0 Å². The molecular weight excluding hydrogens is 124 g/mol. The second-order valence-electron chi connectivity index (χ2n) is 2.92. The molecule has 0 rings (SSSR count). The minimum absolute atomic E-state index is 1.17. The van der Waals surface area contributed by atoms with Crippen molar-refractivity contribution in [2.24, 2.45) is 0 Å². The van der Waals surface area contributed by atoms with Gasteiger partial charge in [0.05, 0.1) is 27.9 Å². The number of rotatable bonds is 2. The van der Waals surface area contributed by atoms with E-state index in [1.165, 1.54) is 11.4 Å². The summed E-state index contributed by atoms with van der Waals surface area (Å²) in [6.07, 6.45) is 0. The van der Waals surface area contributed by atoms with Crippen molar-refractivity contribution in [1.82, 2.24) is 4.90 Å². The number of hydrogen-bond acceptors (Lipinski definition) is 1. The number of allylic oxidation sites excluding steroid dienone is 1. The van der Waals surface area contributed by atoms with Gasteiger partial charge in [-0.05, 0) is 13.8 Å². The van der Waals surface area contributed by atoms with E-state index in [1.807, 2.05) is 25.7 Å². The van der Waals surface area contributed by atoms with E-state index in [0.29, 0.717) is 0 Å². The molecule has 0 aliphatic heterocycles. The van der Waals surface area contributed by atoms with Crippen molar-refractivity contribution in [1.29, 1.82) is 0 Å². The molecule has 2 nitrogen and oxygen atoms in total. The van der Waals surface area contributed by atoms with E-state index in [4.69, 9.17) is 0 Å². The molecule has 0 saturated heterocycles. The highest BCUT2D eigenvalue weighted by molar-refractivity contribution is 5.17. The lowest BCUT2D eigenvalue weighted by Gasteiger charge is -2.10. The fourth-order valence-corrected chi connectivity index (χ4v) is 1.17. The summed E-state index contributed by atoms with van der Waals surface area (Å²) in [5, 5.41) is 0. The van der Waals surface area contributed by atoms with Crippen molar-refractivity contribution in [3.8, 4) is 0 Å². The fourth-order valence-electron chi connectivity index (χ4n) is 1.17. The highest BCUT2D eigenvalue weighted by atomic mass is 15.2. The topological polar surface area (TPSA) is 6.25 Å². The summed E-state index contributed by atoms with van der Waals surface area (Å²) in [5.41, 5.74) is 1.28. The molecule has 0 saturated carbocycles. The quantitative estimate of drug-likeness (QED) is 0.413. The summed E-state index contributed by atoms with van der Waals surface area (Å²) in [6.45, 7) is 7.98. The highest BCUT2D eigenvalue weighted by Crippen LogP contribution is 2.04. The van der Waals surface area contributed by atoms with Gasteiger partial charge in [-0.25, -0.2) is 4.58 Å². The first-order valence-corrected chi connectivity index (χ1v) is 3.36. The molecule has 0 heterocycles. The van der Waals surface area contributed by atoms with Crippen LogP contribution in [0.15, 0.2) is 11.4 Å². The Morgan fingerprint density at radius 3 is 1.70 bits per heavy atom. The van der Waals surface area contributed by atoms with Crippen molar-refractivity contribution >= 4 is 6.72 Å². The van der Waals surface area contributed by atoms with Crippen LogP contribution in [-0.4, -0.2) is 37.3 Å². The largest absolute Gasteiger partial charge is 0.273 e. The third-order valence-corrected chi connectivity index (χ3v) is 1.23. The SMILES string of the molecule is C=[N+](C)C(=C(C)C)N(C)C. The van der Waals surface area contributed by atoms with Crippen LogP contribution in [0.5, 0.6) is 0 Å². The van der Waals surface area contributed by atoms with Crippen LogP contribution >= 0.6 is 0 Å². The predicted octanol–water partition coefficient (Wildman–Crippen LogP) is 1.14. The normalized spacial score (nSPS) is 8.90. The molecule has 0 N–H and O–H groups in total. The number of hydrogen-bond donors (Lipinski definition) is 0. The van der Waals surface area contributed by atoms with Crippen molar-refractivity contribution < 1.29 is 4.58 Å². The van der Waals surface area contributed by atoms with Gasteiger partial charge in [0.2, 0.25) is 0 Å². The van der Waals surface area contributed by atoms with Gasteiger partial charge in [0.25, 0.3) is 5.82 Å². The van der Waals surface area contributed by atoms with Crippen LogP contribution in [0.25, 0.3) is 0 Å². The lowest BCUT2D eigenvalue weighted by molar-refractivity contribution is -0.453. The second kappa shape index (κ2) is 3.40. The van der Waals surface area contributed by atoms with Gasteiger partial charge in [-0.1, -0.05) is 0 Å². The molecule has 0 aromatic rings. The van der Waals surface area contributed by atoms with E-state index in [2.05, 4.69) is 25.5 Å². The van der Waals surface area contributed by atoms with Crippen LogP contribution < -0.4 is 0 Å². The van der Waals surface area contributed by atoms with Gasteiger partial charge < -0.3 is 0 Å². The Morgan fingerprint density at radius 2 is 1.70 bits per heavy atom. The second-order valence-corrected chi connectivity index (χ2v) is 2.92. The maximum absolute atomic E-state index is 3.82. The minimum Gasteiger partial charge on any atom is -0.267 e. The summed E-state index contributed by atoms with van der Waals surface area (Å²) in [5.74, 6) is 1.17. The Morgan fingerprint density at radius 1 is 1.30 bits per heavy atom. The fraction of sp³-hybridized carbons (Fsp3) is 0.625. The molecule has 10 heavy (non-hydrogen) atoms. The Labute approximate surface area is 63.5 Å². The molecule has 0 atom stereocenters. The first-order valence-electron chi connectivity index (χ1n) is 3.36. The lowest BCUT2D eigenvalue weighted by atomic mass is 10.3. The van der Waals surface area contributed by atoms with Gasteiger partial charge in [-0.3, -0.25) is 4.90 Å². The van der Waals surface area contributed by atoms with E-state index >= 15 is 0 Å². The zero-order valence-corrected chi connectivity index (χ0v) is 7.60. The average molecular weight is 141 g/mol. The van der Waals surface area contributed by atoms with Crippen molar-refractivity contribution in [3.63, 3.8) is 0 Å². The van der Waals surface area contributed by atoms with E-state index in [0.717, 1.165) is 0 Å². The van der Waals surface area contributed by atoms with Gasteiger partial charge in [0.15, 0.2) is 0 Å². The van der Waals surface area contributed by atoms with Crippen LogP contribution in [0.2, 0.25) is 0 Å². The van der Waals surface area contributed by atoms with E-state index in [-0.39, 0.29) is 0 Å². The van der Waals surface area contributed by atoms with Gasteiger partial charge >= 0.3 is 0 Å². The van der Waals surface area contributed by atoms with Crippen LogP contribution in [0, 0.1) is 0 Å². The zero-order valence-electron chi connectivity index (χ0n) is 7.60. The Bertz CT molecular complexity index is 162. The number of nitrogens with zero attached hydrogens (tertiary/aromatic N) is 2. The van der Waals surface area contributed by atoms with Crippen LogP contribution in [-0.2, 0) is 0 Å². The smallest absolute Gasteiger partial charge is 0.267 e. The molecule has 0 unspecified atom stereocenters. The molecular formula is C8H17N2+. The van der Waals surface area contributed by atoms with E-state index in [9.17, 15) is 0 Å². The highest BCUT2D eigenvalue weighted by Gasteiger charge is 2.09. The van der Waals surface area contributed by atoms with Gasteiger partial charge in [-0.2, -0.15) is 0 Å². The van der Waals surface area contributed by atoms with Crippen LogP contribution in [0.4, 0.5) is 0 Å². The Hall–Kier alpha value is -0.790. The molecule has 0 amide bonds. The summed E-state index contributed by atoms with van der Waals surface area (Å²) in [7, 11) is 5.98. The maximum atomic E-state index is 3.82. The van der Waals surface area contributed by atoms with Gasteiger partial charge in [0, 0.05) is 5.57 Å². The predicted molar refractivity (Wildman–Crippen MR) is 45.4 cm³/mol. The minimum atomic E-state index is 1.17. The standard InChI is InChI=1S/C8H17N2/c1-7(2)8(9(3)4)10(5)6/h3H2,1-2,4-6H3/q+1. The Balaban J connectivity index is 4.61. The summed E-state index contributed by atoms with van der Waals surface area (Å²) >= 11 is 0. The molecule has 0 radical (unpaired) electrons. The average Bonchev–Trinajstić information content (AvgIpc) is 1.59. The molecule has 0 fully saturated rings. The molecule has 0 aliphatic carbocycles. The molecule has 2 heteroatoms. The summed E-state index contributed by atoms with van der Waals surface area (Å²) in [4.78, 5) is 2.06. The first kappa shape index (κ1) is 9.21. The summed E-state index contributed by atoms with van der Waals surface area (Å²) < 4.78 is 1.87. The third kappa shape index (κ3) is 2.21. The first-order chi connectivity index (χ1) is 4.46. The maximum Gasteiger partial charge on any atom is 0.273 e. The molecule has 58 valence electrons. The van der Waals surface area contributed by atoms with E-state index < -0.39 is 0 Å². The van der Waals surface area contributed by atoms with Gasteiger partial charge in [-0.15, -0.1) is 0 Å². The zero-order chi connectivity index (χ0) is 8.31. The third-order valence-electron chi connectivity index (χ3n) is 1.23. The van der Waals surface area contributed by atoms with Crippen molar-refractivity contribution in [2.75, 3.05) is 21.1 Å².